The average molecular weight is 444 g/mol. The minimum absolute atomic E-state index is 0.155. The molecule has 1 aliphatic rings. The maximum Gasteiger partial charge on any atom is 0.194 e. The lowest BCUT2D eigenvalue weighted by Gasteiger charge is -2.39. The lowest BCUT2D eigenvalue weighted by atomic mass is 10.1. The summed E-state index contributed by atoms with van der Waals surface area (Å²) in [6, 6.07) is 18.4. The molecule has 1 fully saturated rings. The zero-order valence-corrected chi connectivity index (χ0v) is 19.5. The summed E-state index contributed by atoms with van der Waals surface area (Å²) in [6.07, 6.45) is 0. The van der Waals surface area contributed by atoms with Crippen LogP contribution in [0.1, 0.15) is 37.5 Å². The Kier molecular flexibility index (Phi) is 7.73. The second-order valence-electron chi connectivity index (χ2n) is 8.47. The first kappa shape index (κ1) is 23.3. The SMILES string of the molecule is CCNC(=NCc1ccc(COCc2ccccc2)cc1)N1CCS(=O)(=O)C(C)(C)C1. The molecule has 0 aromatic heterocycles. The quantitative estimate of drug-likeness (QED) is 0.525. The molecule has 7 heteroatoms. The Hall–Kier alpha value is -2.38. The molecule has 0 amide bonds. The third-order valence-corrected chi connectivity index (χ3v) is 8.03. The summed E-state index contributed by atoms with van der Waals surface area (Å²) in [6.45, 7) is 8.95. The number of sulfone groups is 1. The Balaban J connectivity index is 1.57. The highest BCUT2D eigenvalue weighted by Crippen LogP contribution is 2.23. The third kappa shape index (κ3) is 6.31. The Morgan fingerprint density at radius 2 is 1.65 bits per heavy atom. The van der Waals surface area contributed by atoms with Gasteiger partial charge in [-0.2, -0.15) is 0 Å². The normalized spacial score (nSPS) is 18.0. The van der Waals surface area contributed by atoms with E-state index in [1.807, 2.05) is 25.1 Å². The van der Waals surface area contributed by atoms with Crippen molar-refractivity contribution in [2.75, 3.05) is 25.4 Å². The fourth-order valence-corrected chi connectivity index (χ4v) is 4.88. The van der Waals surface area contributed by atoms with E-state index in [4.69, 9.17) is 9.73 Å². The molecule has 31 heavy (non-hydrogen) atoms. The molecule has 1 aliphatic heterocycles. The number of aliphatic imine (C=N–C) groups is 1. The summed E-state index contributed by atoms with van der Waals surface area (Å²) in [5.74, 6) is 0.919. The van der Waals surface area contributed by atoms with Crippen LogP contribution >= 0.6 is 0 Å². The van der Waals surface area contributed by atoms with Crippen LogP contribution in [-0.4, -0.2) is 49.4 Å². The number of rotatable bonds is 7. The van der Waals surface area contributed by atoms with E-state index in [2.05, 4.69) is 46.6 Å². The van der Waals surface area contributed by atoms with Gasteiger partial charge in [0.05, 0.1) is 30.3 Å². The van der Waals surface area contributed by atoms with Crippen LogP contribution in [0.15, 0.2) is 59.6 Å². The number of hydrogen-bond acceptors (Lipinski definition) is 4. The highest BCUT2D eigenvalue weighted by molar-refractivity contribution is 7.92. The average Bonchev–Trinajstić information content (AvgIpc) is 2.75. The molecule has 3 rings (SSSR count). The number of nitrogens with zero attached hydrogens (tertiary/aromatic N) is 2. The van der Waals surface area contributed by atoms with Crippen LogP contribution in [0, 0.1) is 0 Å². The molecule has 1 heterocycles. The minimum Gasteiger partial charge on any atom is -0.372 e. The number of hydrogen-bond donors (Lipinski definition) is 1. The molecule has 0 bridgehead atoms. The van der Waals surface area contributed by atoms with E-state index in [0.29, 0.717) is 32.8 Å². The number of benzene rings is 2. The van der Waals surface area contributed by atoms with Gasteiger partial charge in [0.15, 0.2) is 15.8 Å². The van der Waals surface area contributed by atoms with Gasteiger partial charge in [-0.1, -0.05) is 54.6 Å². The molecule has 0 saturated carbocycles. The highest BCUT2D eigenvalue weighted by atomic mass is 32.2. The van der Waals surface area contributed by atoms with Gasteiger partial charge in [0.1, 0.15) is 0 Å². The van der Waals surface area contributed by atoms with Crippen LogP contribution in [0.3, 0.4) is 0 Å². The number of nitrogens with one attached hydrogen (secondary N) is 1. The van der Waals surface area contributed by atoms with E-state index in [0.717, 1.165) is 29.2 Å². The fraction of sp³-hybridized carbons (Fsp3) is 0.458. The second kappa shape index (κ2) is 10.3. The topological polar surface area (TPSA) is 71.0 Å². The molecular formula is C24H33N3O3S. The lowest BCUT2D eigenvalue weighted by Crippen LogP contribution is -2.57. The monoisotopic (exact) mass is 443 g/mol. The van der Waals surface area contributed by atoms with Crippen molar-refractivity contribution in [2.24, 2.45) is 4.99 Å². The van der Waals surface area contributed by atoms with Gasteiger partial charge in [-0.15, -0.1) is 0 Å². The number of ether oxygens (including phenoxy) is 1. The van der Waals surface area contributed by atoms with Gasteiger partial charge in [0, 0.05) is 19.6 Å². The van der Waals surface area contributed by atoms with Gasteiger partial charge in [-0.3, -0.25) is 0 Å². The first-order chi connectivity index (χ1) is 14.8. The van der Waals surface area contributed by atoms with Crippen molar-refractivity contribution in [1.29, 1.82) is 0 Å². The molecule has 2 aromatic rings. The van der Waals surface area contributed by atoms with Crippen molar-refractivity contribution in [1.82, 2.24) is 10.2 Å². The maximum atomic E-state index is 12.3. The molecule has 1 saturated heterocycles. The molecule has 0 unspecified atom stereocenters. The van der Waals surface area contributed by atoms with Gasteiger partial charge < -0.3 is 15.0 Å². The van der Waals surface area contributed by atoms with Crippen LogP contribution in [0.4, 0.5) is 0 Å². The van der Waals surface area contributed by atoms with E-state index in [-0.39, 0.29) is 5.75 Å². The number of guanidine groups is 1. The van der Waals surface area contributed by atoms with Crippen molar-refractivity contribution in [2.45, 2.75) is 45.3 Å². The molecule has 0 radical (unpaired) electrons. The first-order valence-electron chi connectivity index (χ1n) is 10.8. The standard InChI is InChI=1S/C24H33N3O3S/c1-4-25-23(27-14-15-31(28,29)24(2,3)19-27)26-16-20-10-12-22(13-11-20)18-30-17-21-8-6-5-7-9-21/h5-13H,4,14-19H2,1-3H3,(H,25,26). The Bertz CT molecular complexity index is 971. The third-order valence-electron chi connectivity index (χ3n) is 5.49. The molecule has 0 aliphatic carbocycles. The zero-order chi connectivity index (χ0) is 22.3. The van der Waals surface area contributed by atoms with Gasteiger partial charge in [-0.05, 0) is 37.5 Å². The Morgan fingerprint density at radius 1 is 1.03 bits per heavy atom. The minimum atomic E-state index is -3.08. The van der Waals surface area contributed by atoms with E-state index < -0.39 is 14.6 Å². The summed E-state index contributed by atoms with van der Waals surface area (Å²) in [5.41, 5.74) is 3.39. The summed E-state index contributed by atoms with van der Waals surface area (Å²) in [7, 11) is -3.08. The van der Waals surface area contributed by atoms with Crippen molar-refractivity contribution >= 4 is 15.8 Å². The van der Waals surface area contributed by atoms with Gasteiger partial charge >= 0.3 is 0 Å². The molecular weight excluding hydrogens is 410 g/mol. The largest absolute Gasteiger partial charge is 0.372 e. The van der Waals surface area contributed by atoms with Crippen molar-refractivity contribution in [3.05, 3.63) is 71.3 Å². The van der Waals surface area contributed by atoms with Crippen molar-refractivity contribution < 1.29 is 13.2 Å². The van der Waals surface area contributed by atoms with Crippen LogP contribution in [0.2, 0.25) is 0 Å². The Morgan fingerprint density at radius 3 is 2.26 bits per heavy atom. The fourth-order valence-electron chi connectivity index (χ4n) is 3.52. The van der Waals surface area contributed by atoms with Crippen LogP contribution < -0.4 is 5.32 Å². The highest BCUT2D eigenvalue weighted by Gasteiger charge is 2.40. The smallest absolute Gasteiger partial charge is 0.194 e. The van der Waals surface area contributed by atoms with Crippen molar-refractivity contribution in [3.63, 3.8) is 0 Å². The van der Waals surface area contributed by atoms with Crippen LogP contribution in [0.5, 0.6) is 0 Å². The van der Waals surface area contributed by atoms with Crippen LogP contribution in [-0.2, 0) is 34.3 Å². The van der Waals surface area contributed by atoms with Gasteiger partial charge in [0.25, 0.3) is 0 Å². The van der Waals surface area contributed by atoms with E-state index in [1.165, 1.54) is 0 Å². The van der Waals surface area contributed by atoms with E-state index >= 15 is 0 Å². The predicted molar refractivity (Wildman–Crippen MR) is 126 cm³/mol. The second-order valence-corrected chi connectivity index (χ2v) is 11.2. The summed E-state index contributed by atoms with van der Waals surface area (Å²) < 4.78 is 29.6. The maximum absolute atomic E-state index is 12.3. The molecule has 2 aromatic carbocycles. The summed E-state index contributed by atoms with van der Waals surface area (Å²) in [5, 5.41) is 3.30. The molecule has 0 spiro atoms. The van der Waals surface area contributed by atoms with Crippen LogP contribution in [0.25, 0.3) is 0 Å². The molecule has 168 valence electrons. The molecule has 1 N–H and O–H groups in total. The summed E-state index contributed by atoms with van der Waals surface area (Å²) in [4.78, 5) is 6.81. The zero-order valence-electron chi connectivity index (χ0n) is 18.7. The van der Waals surface area contributed by atoms with E-state index in [9.17, 15) is 8.42 Å². The van der Waals surface area contributed by atoms with Crippen molar-refractivity contribution in [3.8, 4) is 0 Å². The predicted octanol–water partition coefficient (Wildman–Crippen LogP) is 3.38. The van der Waals surface area contributed by atoms with Gasteiger partial charge in [0.2, 0.25) is 0 Å². The summed E-state index contributed by atoms with van der Waals surface area (Å²) >= 11 is 0. The Labute approximate surface area is 186 Å². The lowest BCUT2D eigenvalue weighted by molar-refractivity contribution is 0.107. The van der Waals surface area contributed by atoms with Gasteiger partial charge in [-0.25, -0.2) is 13.4 Å². The molecule has 6 nitrogen and oxygen atoms in total. The van der Waals surface area contributed by atoms with E-state index in [1.54, 1.807) is 13.8 Å². The first-order valence-corrected chi connectivity index (χ1v) is 12.4. The molecule has 0 atom stereocenters.